The number of benzene rings is 1. The van der Waals surface area contributed by atoms with Crippen molar-refractivity contribution >= 4 is 5.97 Å². The topological polar surface area (TPSA) is 49.3 Å². The normalized spacial score (nSPS) is 13.4. The Morgan fingerprint density at radius 1 is 1.35 bits per heavy atom. The van der Waals surface area contributed by atoms with Gasteiger partial charge in [-0.15, -0.1) is 0 Å². The van der Waals surface area contributed by atoms with Crippen LogP contribution in [-0.4, -0.2) is 23.7 Å². The highest BCUT2D eigenvalue weighted by molar-refractivity contribution is 5.73. The van der Waals surface area contributed by atoms with Crippen LogP contribution >= 0.6 is 0 Å². The molecule has 1 rings (SSSR count). The number of carboxylic acids is 1. The number of nitrogens with one attached hydrogen (secondary N) is 1. The average Bonchev–Trinajstić information content (AvgIpc) is 2.30. The van der Waals surface area contributed by atoms with Crippen LogP contribution in [0, 0.1) is 0 Å². The Balaban J connectivity index is 2.64. The van der Waals surface area contributed by atoms with Crippen LogP contribution in [-0.2, 0) is 10.2 Å². The molecule has 0 saturated heterocycles. The highest BCUT2D eigenvalue weighted by atomic mass is 16.4. The molecule has 1 unspecified atom stereocenters. The maximum Gasteiger partial charge on any atom is 0.320 e. The number of carboxylic acid groups (broad SMARTS) is 1. The lowest BCUT2D eigenvalue weighted by atomic mass is 9.84. The van der Waals surface area contributed by atoms with Crippen LogP contribution in [0.1, 0.15) is 32.8 Å². The van der Waals surface area contributed by atoms with Crippen molar-refractivity contribution in [2.45, 2.75) is 38.6 Å². The summed E-state index contributed by atoms with van der Waals surface area (Å²) in [7, 11) is 0. The van der Waals surface area contributed by atoms with E-state index >= 15 is 0 Å². The maximum atomic E-state index is 10.9. The van der Waals surface area contributed by atoms with Gasteiger partial charge in [0.05, 0.1) is 0 Å². The zero-order valence-corrected chi connectivity index (χ0v) is 10.7. The van der Waals surface area contributed by atoms with E-state index in [-0.39, 0.29) is 5.41 Å². The fourth-order valence-corrected chi connectivity index (χ4v) is 1.78. The summed E-state index contributed by atoms with van der Waals surface area (Å²) in [6.07, 6.45) is 0.597. The number of hydrogen-bond donors (Lipinski definition) is 2. The molecule has 1 aromatic carbocycles. The highest BCUT2D eigenvalue weighted by Gasteiger charge is 2.23. The fraction of sp³-hybridized carbons (Fsp3) is 0.500. The number of aliphatic carboxylic acids is 1. The second kappa shape index (κ2) is 5.82. The van der Waals surface area contributed by atoms with Gasteiger partial charge >= 0.3 is 5.97 Å². The smallest absolute Gasteiger partial charge is 0.320 e. The molecule has 94 valence electrons. The monoisotopic (exact) mass is 235 g/mol. The predicted octanol–water partition coefficient (Wildman–Crippen LogP) is 2.42. The molecular formula is C14H21NO2. The minimum absolute atomic E-state index is 0.0653. The third-order valence-corrected chi connectivity index (χ3v) is 3.05. The Kier molecular flexibility index (Phi) is 4.70. The second-order valence-electron chi connectivity index (χ2n) is 4.93. The van der Waals surface area contributed by atoms with Gasteiger partial charge in [0.1, 0.15) is 6.04 Å². The van der Waals surface area contributed by atoms with Gasteiger partial charge in [0.25, 0.3) is 0 Å². The number of rotatable bonds is 6. The first-order valence-electron chi connectivity index (χ1n) is 5.99. The van der Waals surface area contributed by atoms with Crippen molar-refractivity contribution in [3.05, 3.63) is 35.9 Å². The minimum atomic E-state index is -0.781. The Morgan fingerprint density at radius 3 is 2.41 bits per heavy atom. The highest BCUT2D eigenvalue weighted by Crippen LogP contribution is 2.21. The van der Waals surface area contributed by atoms with Crippen LogP contribution in [0.2, 0.25) is 0 Å². The van der Waals surface area contributed by atoms with Gasteiger partial charge in [0, 0.05) is 12.0 Å². The summed E-state index contributed by atoms with van der Waals surface area (Å²) in [5, 5.41) is 12.1. The van der Waals surface area contributed by atoms with Gasteiger partial charge in [-0.3, -0.25) is 4.79 Å². The van der Waals surface area contributed by atoms with Gasteiger partial charge in [-0.25, -0.2) is 0 Å². The molecule has 0 bridgehead atoms. The first-order chi connectivity index (χ1) is 7.97. The summed E-state index contributed by atoms with van der Waals surface area (Å²) < 4.78 is 0. The molecule has 1 aromatic rings. The second-order valence-corrected chi connectivity index (χ2v) is 4.93. The number of hydrogen-bond acceptors (Lipinski definition) is 2. The van der Waals surface area contributed by atoms with E-state index in [9.17, 15) is 4.79 Å². The van der Waals surface area contributed by atoms with E-state index < -0.39 is 12.0 Å². The molecule has 0 amide bonds. The first kappa shape index (κ1) is 13.7. The van der Waals surface area contributed by atoms with Gasteiger partial charge in [-0.2, -0.15) is 0 Å². The van der Waals surface area contributed by atoms with Crippen LogP contribution in [0.4, 0.5) is 0 Å². The van der Waals surface area contributed by atoms with Crippen LogP contribution < -0.4 is 5.32 Å². The quantitative estimate of drug-likeness (QED) is 0.796. The Hall–Kier alpha value is -1.35. The molecule has 2 N–H and O–H groups in total. The fourth-order valence-electron chi connectivity index (χ4n) is 1.78. The molecule has 17 heavy (non-hydrogen) atoms. The molecule has 1 atom stereocenters. The van der Waals surface area contributed by atoms with Gasteiger partial charge in [-0.05, 0) is 12.0 Å². The molecule has 0 heterocycles. The summed E-state index contributed by atoms with van der Waals surface area (Å²) in [6.45, 7) is 6.76. The molecule has 0 saturated carbocycles. The van der Waals surface area contributed by atoms with E-state index in [2.05, 4.69) is 31.3 Å². The van der Waals surface area contributed by atoms with E-state index in [0.717, 1.165) is 0 Å². The predicted molar refractivity (Wildman–Crippen MR) is 69.2 cm³/mol. The van der Waals surface area contributed by atoms with E-state index in [0.29, 0.717) is 13.0 Å². The average molecular weight is 235 g/mol. The molecule has 3 heteroatoms. The first-order valence-corrected chi connectivity index (χ1v) is 5.99. The van der Waals surface area contributed by atoms with Crippen LogP contribution in [0.25, 0.3) is 0 Å². The number of carbonyl (C=O) groups is 1. The molecule has 0 fully saturated rings. The Bertz CT molecular complexity index is 360. The minimum Gasteiger partial charge on any atom is -0.480 e. The molecule has 0 aromatic heterocycles. The van der Waals surface area contributed by atoms with Gasteiger partial charge in [-0.1, -0.05) is 51.1 Å². The van der Waals surface area contributed by atoms with Gasteiger partial charge in [0.15, 0.2) is 0 Å². The van der Waals surface area contributed by atoms with Crippen molar-refractivity contribution in [2.24, 2.45) is 0 Å². The lowest BCUT2D eigenvalue weighted by Gasteiger charge is -2.27. The Morgan fingerprint density at radius 2 is 1.94 bits per heavy atom. The van der Waals surface area contributed by atoms with Crippen LogP contribution in [0.15, 0.2) is 30.3 Å². The summed E-state index contributed by atoms with van der Waals surface area (Å²) in [6, 6.07) is 9.68. The summed E-state index contributed by atoms with van der Waals surface area (Å²) >= 11 is 0. The van der Waals surface area contributed by atoms with Crippen molar-refractivity contribution in [1.29, 1.82) is 0 Å². The standard InChI is InChI=1S/C14H21NO2/c1-4-12(13(16)17)15-10-14(2,3)11-8-6-5-7-9-11/h5-9,12,15H,4,10H2,1-3H3,(H,16,17). The van der Waals surface area contributed by atoms with Crippen LogP contribution in [0.5, 0.6) is 0 Å². The van der Waals surface area contributed by atoms with E-state index in [1.54, 1.807) is 0 Å². The zero-order valence-electron chi connectivity index (χ0n) is 10.7. The summed E-state index contributed by atoms with van der Waals surface area (Å²) in [4.78, 5) is 10.9. The largest absolute Gasteiger partial charge is 0.480 e. The molecule has 0 spiro atoms. The lowest BCUT2D eigenvalue weighted by molar-refractivity contribution is -0.139. The third kappa shape index (κ3) is 3.86. The maximum absolute atomic E-state index is 10.9. The molecular weight excluding hydrogens is 214 g/mol. The molecule has 0 radical (unpaired) electrons. The van der Waals surface area contributed by atoms with Gasteiger partial charge < -0.3 is 10.4 Å². The molecule has 0 aliphatic carbocycles. The molecule has 0 aliphatic rings. The molecule has 3 nitrogen and oxygen atoms in total. The van der Waals surface area contributed by atoms with Crippen molar-refractivity contribution in [1.82, 2.24) is 5.32 Å². The zero-order chi connectivity index (χ0) is 12.9. The van der Waals surface area contributed by atoms with Crippen molar-refractivity contribution in [3.8, 4) is 0 Å². The third-order valence-electron chi connectivity index (χ3n) is 3.05. The van der Waals surface area contributed by atoms with Crippen LogP contribution in [0.3, 0.4) is 0 Å². The lowest BCUT2D eigenvalue weighted by Crippen LogP contribution is -2.43. The van der Waals surface area contributed by atoms with E-state index in [1.165, 1.54) is 5.56 Å². The van der Waals surface area contributed by atoms with Crippen molar-refractivity contribution in [3.63, 3.8) is 0 Å². The van der Waals surface area contributed by atoms with Crippen molar-refractivity contribution < 1.29 is 9.90 Å². The Labute approximate surface area is 103 Å². The van der Waals surface area contributed by atoms with E-state index in [4.69, 9.17) is 5.11 Å². The van der Waals surface area contributed by atoms with Gasteiger partial charge in [0.2, 0.25) is 0 Å². The SMILES string of the molecule is CCC(NCC(C)(C)c1ccccc1)C(=O)O. The summed E-state index contributed by atoms with van der Waals surface area (Å²) in [5.41, 5.74) is 1.15. The summed E-state index contributed by atoms with van der Waals surface area (Å²) in [5.74, 6) is -0.781. The van der Waals surface area contributed by atoms with E-state index in [1.807, 2.05) is 25.1 Å². The molecule has 0 aliphatic heterocycles. The van der Waals surface area contributed by atoms with Crippen molar-refractivity contribution in [2.75, 3.05) is 6.54 Å².